The van der Waals surface area contributed by atoms with Crippen molar-refractivity contribution in [2.24, 2.45) is 0 Å². The van der Waals surface area contributed by atoms with Crippen LogP contribution in [0.15, 0.2) is 14.7 Å². The topological polar surface area (TPSA) is 65.0 Å². The molecule has 0 aromatic carbocycles. The molecule has 23 heavy (non-hydrogen) atoms. The summed E-state index contributed by atoms with van der Waals surface area (Å²) in [6, 6.07) is 0. The van der Waals surface area contributed by atoms with Crippen LogP contribution < -0.4 is 0 Å². The Hall–Kier alpha value is -1.51. The lowest BCUT2D eigenvalue weighted by Crippen LogP contribution is -2.03. The van der Waals surface area contributed by atoms with Crippen LogP contribution in [0.2, 0.25) is 0 Å². The SMILES string of the molecule is CCOC(=O)c1sc2nc(C)nc(Sc3nc(C)cs3)c2c1C. The summed E-state index contributed by atoms with van der Waals surface area (Å²) in [5.41, 5.74) is 1.87. The molecular weight excluding hydrogens is 350 g/mol. The van der Waals surface area contributed by atoms with Gasteiger partial charge in [0, 0.05) is 16.5 Å². The maximum atomic E-state index is 12.1. The number of hydrogen-bond acceptors (Lipinski definition) is 8. The minimum absolute atomic E-state index is 0.299. The number of thiophene rings is 1. The quantitative estimate of drug-likeness (QED) is 0.504. The summed E-state index contributed by atoms with van der Waals surface area (Å²) in [7, 11) is 0. The van der Waals surface area contributed by atoms with Gasteiger partial charge < -0.3 is 4.74 Å². The van der Waals surface area contributed by atoms with Gasteiger partial charge in [0.2, 0.25) is 0 Å². The molecular formula is C15H15N3O2S3. The third-order valence-electron chi connectivity index (χ3n) is 3.11. The molecule has 0 saturated heterocycles. The number of hydrogen-bond donors (Lipinski definition) is 0. The number of carbonyl (C=O) groups is 1. The molecule has 3 aromatic rings. The molecule has 0 spiro atoms. The molecule has 3 rings (SSSR count). The fraction of sp³-hybridized carbons (Fsp3) is 0.333. The predicted octanol–water partition coefficient (Wildman–Crippen LogP) is 4.40. The van der Waals surface area contributed by atoms with Gasteiger partial charge in [0.25, 0.3) is 0 Å². The monoisotopic (exact) mass is 365 g/mol. The molecule has 0 aliphatic carbocycles. The second kappa shape index (κ2) is 6.54. The highest BCUT2D eigenvalue weighted by Crippen LogP contribution is 2.39. The third kappa shape index (κ3) is 3.24. The lowest BCUT2D eigenvalue weighted by atomic mass is 10.2. The van der Waals surface area contributed by atoms with Crippen LogP contribution in [0.25, 0.3) is 10.2 Å². The number of aryl methyl sites for hydroxylation is 3. The minimum Gasteiger partial charge on any atom is -0.462 e. The zero-order valence-electron chi connectivity index (χ0n) is 13.2. The summed E-state index contributed by atoms with van der Waals surface area (Å²) < 4.78 is 6.07. The Balaban J connectivity index is 2.11. The van der Waals surface area contributed by atoms with E-state index in [1.165, 1.54) is 23.1 Å². The van der Waals surface area contributed by atoms with Crippen molar-refractivity contribution in [3.8, 4) is 0 Å². The van der Waals surface area contributed by atoms with Gasteiger partial charge in [-0.1, -0.05) is 0 Å². The fourth-order valence-corrected chi connectivity index (χ4v) is 5.29. The molecule has 0 saturated carbocycles. The van der Waals surface area contributed by atoms with Crippen molar-refractivity contribution in [1.82, 2.24) is 15.0 Å². The summed E-state index contributed by atoms with van der Waals surface area (Å²) >= 11 is 4.46. The van der Waals surface area contributed by atoms with E-state index in [-0.39, 0.29) is 5.97 Å². The van der Waals surface area contributed by atoms with Gasteiger partial charge in [-0.3, -0.25) is 0 Å². The average Bonchev–Trinajstić information content (AvgIpc) is 3.03. The maximum Gasteiger partial charge on any atom is 0.348 e. The Morgan fingerprint density at radius 2 is 2.04 bits per heavy atom. The van der Waals surface area contributed by atoms with Crippen LogP contribution in [0, 0.1) is 20.8 Å². The molecule has 0 atom stereocenters. The van der Waals surface area contributed by atoms with Crippen molar-refractivity contribution in [3.05, 3.63) is 27.3 Å². The van der Waals surface area contributed by atoms with Crippen molar-refractivity contribution >= 4 is 50.6 Å². The van der Waals surface area contributed by atoms with Gasteiger partial charge in [-0.15, -0.1) is 22.7 Å². The van der Waals surface area contributed by atoms with Gasteiger partial charge in [0.05, 0.1) is 6.61 Å². The first kappa shape index (κ1) is 16.4. The number of thiazole rings is 1. The van der Waals surface area contributed by atoms with E-state index in [9.17, 15) is 4.79 Å². The highest BCUT2D eigenvalue weighted by atomic mass is 32.2. The van der Waals surface area contributed by atoms with E-state index in [1.807, 2.05) is 26.2 Å². The molecule has 0 amide bonds. The Morgan fingerprint density at radius 3 is 2.70 bits per heavy atom. The van der Waals surface area contributed by atoms with Crippen LogP contribution in [0.5, 0.6) is 0 Å². The molecule has 120 valence electrons. The molecule has 0 radical (unpaired) electrons. The smallest absolute Gasteiger partial charge is 0.348 e. The van der Waals surface area contributed by atoms with E-state index in [1.54, 1.807) is 18.3 Å². The highest BCUT2D eigenvalue weighted by molar-refractivity contribution is 8.01. The first-order chi connectivity index (χ1) is 11.0. The lowest BCUT2D eigenvalue weighted by molar-refractivity contribution is 0.0531. The number of fused-ring (bicyclic) bond motifs is 1. The number of ether oxygens (including phenoxy) is 1. The van der Waals surface area contributed by atoms with E-state index in [4.69, 9.17) is 4.74 Å². The highest BCUT2D eigenvalue weighted by Gasteiger charge is 2.21. The van der Waals surface area contributed by atoms with Crippen molar-refractivity contribution in [1.29, 1.82) is 0 Å². The molecule has 8 heteroatoms. The largest absolute Gasteiger partial charge is 0.462 e. The van der Waals surface area contributed by atoms with Crippen molar-refractivity contribution in [2.45, 2.75) is 37.1 Å². The molecule has 0 N–H and O–H groups in total. The number of rotatable bonds is 4. The van der Waals surface area contributed by atoms with Crippen LogP contribution in [-0.4, -0.2) is 27.5 Å². The van der Waals surface area contributed by atoms with Gasteiger partial charge in [-0.25, -0.2) is 19.7 Å². The standard InChI is InChI=1S/C15H15N3O2S3/c1-5-20-14(19)11-8(3)10-12(22-11)17-9(4)18-13(10)23-15-16-7(2)6-21-15/h6H,5H2,1-4H3. The van der Waals surface area contributed by atoms with Gasteiger partial charge >= 0.3 is 5.97 Å². The van der Waals surface area contributed by atoms with E-state index >= 15 is 0 Å². The molecule has 0 bridgehead atoms. The van der Waals surface area contributed by atoms with Crippen LogP contribution >= 0.6 is 34.4 Å². The van der Waals surface area contributed by atoms with E-state index in [2.05, 4.69) is 15.0 Å². The number of nitrogens with zero attached hydrogens (tertiary/aromatic N) is 3. The van der Waals surface area contributed by atoms with E-state index in [0.29, 0.717) is 17.3 Å². The van der Waals surface area contributed by atoms with Crippen LogP contribution in [0.3, 0.4) is 0 Å². The average molecular weight is 366 g/mol. The molecule has 0 fully saturated rings. The summed E-state index contributed by atoms with van der Waals surface area (Å²) in [6.45, 7) is 7.90. The second-order valence-corrected chi connectivity index (χ2v) is 7.98. The molecule has 0 aliphatic rings. The fourth-order valence-electron chi connectivity index (χ4n) is 2.13. The lowest BCUT2D eigenvalue weighted by Gasteiger charge is -2.03. The Labute approximate surface area is 146 Å². The molecule has 5 nitrogen and oxygen atoms in total. The molecule has 0 unspecified atom stereocenters. The van der Waals surface area contributed by atoms with Crippen LogP contribution in [-0.2, 0) is 4.74 Å². The maximum absolute atomic E-state index is 12.1. The number of carbonyl (C=O) groups excluding carboxylic acids is 1. The Morgan fingerprint density at radius 1 is 1.26 bits per heavy atom. The minimum atomic E-state index is -0.299. The van der Waals surface area contributed by atoms with E-state index < -0.39 is 0 Å². The normalized spacial score (nSPS) is 11.1. The van der Waals surface area contributed by atoms with E-state index in [0.717, 1.165) is 30.8 Å². The summed E-state index contributed by atoms with van der Waals surface area (Å²) in [5, 5.41) is 3.77. The van der Waals surface area contributed by atoms with Gasteiger partial charge in [-0.2, -0.15) is 0 Å². The number of aromatic nitrogens is 3. The molecule has 0 aliphatic heterocycles. The van der Waals surface area contributed by atoms with Crippen LogP contribution in [0.4, 0.5) is 0 Å². The van der Waals surface area contributed by atoms with Crippen LogP contribution in [0.1, 0.15) is 33.7 Å². The van der Waals surface area contributed by atoms with Crippen molar-refractivity contribution in [2.75, 3.05) is 6.61 Å². The summed E-state index contributed by atoms with van der Waals surface area (Å²) in [4.78, 5) is 27.0. The first-order valence-corrected chi connectivity index (χ1v) is 9.55. The third-order valence-corrected chi connectivity index (χ3v) is 6.32. The van der Waals surface area contributed by atoms with Gasteiger partial charge in [0.15, 0.2) is 4.34 Å². The second-order valence-electron chi connectivity index (χ2n) is 4.89. The number of esters is 1. The van der Waals surface area contributed by atoms with Gasteiger partial charge in [-0.05, 0) is 45.0 Å². The zero-order valence-corrected chi connectivity index (χ0v) is 15.6. The summed E-state index contributed by atoms with van der Waals surface area (Å²) in [6.07, 6.45) is 0. The van der Waals surface area contributed by atoms with Crippen molar-refractivity contribution < 1.29 is 9.53 Å². The predicted molar refractivity (Wildman–Crippen MR) is 93.8 cm³/mol. The summed E-state index contributed by atoms with van der Waals surface area (Å²) in [5.74, 6) is 0.386. The van der Waals surface area contributed by atoms with Crippen molar-refractivity contribution in [3.63, 3.8) is 0 Å². The molecule has 3 heterocycles. The Kier molecular flexibility index (Phi) is 4.65. The van der Waals surface area contributed by atoms with Gasteiger partial charge in [0.1, 0.15) is 20.6 Å². The zero-order chi connectivity index (χ0) is 16.6. The molecule has 3 aromatic heterocycles. The first-order valence-electron chi connectivity index (χ1n) is 7.04. The Bertz CT molecular complexity index is 886.